The zero-order valence-electron chi connectivity index (χ0n) is 16.1. The zero-order chi connectivity index (χ0) is 17.8. The minimum Gasteiger partial charge on any atom is -0.323 e. The number of fused-ring (bicyclic) bond motifs is 5. The largest absolute Gasteiger partial charge is 0.323 e. The van der Waals surface area contributed by atoms with Gasteiger partial charge in [0.05, 0.1) is 5.71 Å². The van der Waals surface area contributed by atoms with Crippen molar-refractivity contribution < 1.29 is 0 Å². The first-order chi connectivity index (χ1) is 11.9. The Morgan fingerprint density at radius 2 is 1.84 bits per heavy atom. The SMILES string of the molecule is C/C(=N/N)[C@H]1CC[C@@H]2[C@@H]3CCC4=C/C(=N/N)CC[C@@]4(C)[C@@H]3CC[C@]12C. The summed E-state index contributed by atoms with van der Waals surface area (Å²) in [4.78, 5) is 0. The van der Waals surface area contributed by atoms with Crippen molar-refractivity contribution in [1.82, 2.24) is 0 Å². The molecule has 0 bridgehead atoms. The Balaban J connectivity index is 1.65. The molecule has 3 saturated carbocycles. The van der Waals surface area contributed by atoms with Gasteiger partial charge in [-0.25, -0.2) is 0 Å². The molecule has 4 heteroatoms. The number of nitrogens with zero attached hydrogens (tertiary/aromatic N) is 2. The van der Waals surface area contributed by atoms with Gasteiger partial charge >= 0.3 is 0 Å². The monoisotopic (exact) mass is 342 g/mol. The fraction of sp³-hybridized carbons (Fsp3) is 0.810. The van der Waals surface area contributed by atoms with E-state index in [1.54, 1.807) is 5.57 Å². The third kappa shape index (κ3) is 2.32. The molecule has 0 aromatic heterocycles. The molecular formula is C21H34N4. The van der Waals surface area contributed by atoms with Crippen LogP contribution in [0.5, 0.6) is 0 Å². The second-order valence-electron chi connectivity index (χ2n) is 9.57. The lowest BCUT2D eigenvalue weighted by Crippen LogP contribution is -2.51. The molecule has 0 radical (unpaired) electrons. The fourth-order valence-corrected chi connectivity index (χ4v) is 7.45. The number of nitrogens with two attached hydrogens (primary N) is 2. The van der Waals surface area contributed by atoms with Crippen LogP contribution in [0.25, 0.3) is 0 Å². The van der Waals surface area contributed by atoms with Crippen molar-refractivity contribution in [3.63, 3.8) is 0 Å². The van der Waals surface area contributed by atoms with E-state index in [1.165, 1.54) is 50.7 Å². The van der Waals surface area contributed by atoms with Crippen molar-refractivity contribution in [3.05, 3.63) is 11.6 Å². The summed E-state index contributed by atoms with van der Waals surface area (Å²) in [5, 5.41) is 8.08. The smallest absolute Gasteiger partial charge is 0.0600 e. The lowest BCUT2D eigenvalue weighted by Gasteiger charge is -2.58. The highest BCUT2D eigenvalue weighted by molar-refractivity contribution is 5.96. The molecule has 0 aromatic rings. The summed E-state index contributed by atoms with van der Waals surface area (Å²) in [5.41, 5.74) is 4.68. The summed E-state index contributed by atoms with van der Waals surface area (Å²) in [6, 6.07) is 0. The van der Waals surface area contributed by atoms with Gasteiger partial charge < -0.3 is 11.7 Å². The summed E-state index contributed by atoms with van der Waals surface area (Å²) in [7, 11) is 0. The standard InChI is InChI=1S/C21H34N4/c1-13(24-22)17-6-7-18-16-5-4-14-12-15(25-23)8-10-20(14,2)19(16)9-11-21(17,18)3/h12,16-19H,4-11,22-23H2,1-3H3/b24-13-,25-15+/t16-,17+,18+,19+,20+,21+/m0/s1. The van der Waals surface area contributed by atoms with E-state index in [0.717, 1.165) is 29.9 Å². The highest BCUT2D eigenvalue weighted by Crippen LogP contribution is 2.66. The molecule has 4 aliphatic carbocycles. The fourth-order valence-electron chi connectivity index (χ4n) is 7.45. The van der Waals surface area contributed by atoms with E-state index in [0.29, 0.717) is 16.7 Å². The van der Waals surface area contributed by atoms with E-state index in [1.807, 2.05) is 0 Å². The van der Waals surface area contributed by atoms with Gasteiger partial charge in [0.15, 0.2) is 0 Å². The van der Waals surface area contributed by atoms with Gasteiger partial charge in [-0.05, 0) is 93.0 Å². The van der Waals surface area contributed by atoms with E-state index in [2.05, 4.69) is 37.1 Å². The van der Waals surface area contributed by atoms with Gasteiger partial charge in [-0.15, -0.1) is 0 Å². The zero-order valence-corrected chi connectivity index (χ0v) is 16.1. The number of hydrogen-bond donors (Lipinski definition) is 2. The Morgan fingerprint density at radius 1 is 1.04 bits per heavy atom. The molecule has 138 valence electrons. The normalized spacial score (nSPS) is 48.5. The second-order valence-corrected chi connectivity index (χ2v) is 9.57. The van der Waals surface area contributed by atoms with Crippen LogP contribution in [0.2, 0.25) is 0 Å². The molecule has 0 aliphatic heterocycles. The van der Waals surface area contributed by atoms with Crippen LogP contribution in [0.1, 0.15) is 72.1 Å². The van der Waals surface area contributed by atoms with Gasteiger partial charge in [0, 0.05) is 11.6 Å². The Kier molecular flexibility index (Phi) is 4.01. The topological polar surface area (TPSA) is 76.8 Å². The van der Waals surface area contributed by atoms with Crippen LogP contribution in [-0.4, -0.2) is 11.4 Å². The molecule has 6 atom stereocenters. The van der Waals surface area contributed by atoms with Crippen molar-refractivity contribution in [2.75, 3.05) is 0 Å². The minimum atomic E-state index is 0.369. The molecule has 0 aromatic carbocycles. The third-order valence-electron chi connectivity index (χ3n) is 8.85. The second kappa shape index (κ2) is 5.85. The van der Waals surface area contributed by atoms with Crippen LogP contribution in [0.3, 0.4) is 0 Å². The van der Waals surface area contributed by atoms with Crippen molar-refractivity contribution in [3.8, 4) is 0 Å². The number of rotatable bonds is 1. The summed E-state index contributed by atoms with van der Waals surface area (Å²) in [5.74, 6) is 14.4. The van der Waals surface area contributed by atoms with E-state index < -0.39 is 0 Å². The maximum absolute atomic E-state index is 5.66. The lowest BCUT2D eigenvalue weighted by atomic mass is 9.46. The van der Waals surface area contributed by atoms with Crippen molar-refractivity contribution in [2.24, 2.45) is 56.4 Å². The molecule has 0 unspecified atom stereocenters. The van der Waals surface area contributed by atoms with Gasteiger partial charge in [0.2, 0.25) is 0 Å². The van der Waals surface area contributed by atoms with Crippen molar-refractivity contribution in [1.29, 1.82) is 0 Å². The first kappa shape index (κ1) is 17.1. The molecule has 0 spiro atoms. The summed E-state index contributed by atoms with van der Waals surface area (Å²) in [6.07, 6.45) is 12.5. The molecule has 3 fully saturated rings. The van der Waals surface area contributed by atoms with Crippen molar-refractivity contribution in [2.45, 2.75) is 72.1 Å². The summed E-state index contributed by atoms with van der Waals surface area (Å²) < 4.78 is 0. The van der Waals surface area contributed by atoms with Gasteiger partial charge in [0.25, 0.3) is 0 Å². The first-order valence-electron chi connectivity index (χ1n) is 10.2. The highest BCUT2D eigenvalue weighted by atomic mass is 15.1. The highest BCUT2D eigenvalue weighted by Gasteiger charge is 2.59. The van der Waals surface area contributed by atoms with Crippen LogP contribution in [0.15, 0.2) is 21.9 Å². The molecule has 0 heterocycles. The Hall–Kier alpha value is -1.32. The Morgan fingerprint density at radius 3 is 2.56 bits per heavy atom. The van der Waals surface area contributed by atoms with E-state index in [4.69, 9.17) is 11.7 Å². The molecule has 4 aliphatic rings. The molecule has 25 heavy (non-hydrogen) atoms. The summed E-state index contributed by atoms with van der Waals surface area (Å²) >= 11 is 0. The first-order valence-corrected chi connectivity index (χ1v) is 10.2. The van der Waals surface area contributed by atoms with Gasteiger partial charge in [-0.2, -0.15) is 10.2 Å². The Labute approximate surface area is 152 Å². The lowest BCUT2D eigenvalue weighted by molar-refractivity contribution is -0.0407. The van der Waals surface area contributed by atoms with Crippen molar-refractivity contribution >= 4 is 11.4 Å². The van der Waals surface area contributed by atoms with Crippen LogP contribution in [0.4, 0.5) is 0 Å². The molecular weight excluding hydrogens is 308 g/mol. The number of hydrazone groups is 2. The van der Waals surface area contributed by atoms with Crippen LogP contribution in [-0.2, 0) is 0 Å². The molecule has 0 saturated heterocycles. The van der Waals surface area contributed by atoms with E-state index >= 15 is 0 Å². The van der Waals surface area contributed by atoms with Gasteiger partial charge in [-0.3, -0.25) is 0 Å². The average Bonchev–Trinajstić information content (AvgIpc) is 2.97. The number of hydrogen-bond acceptors (Lipinski definition) is 4. The number of allylic oxidation sites excluding steroid dienone is 2. The molecule has 4 nitrogen and oxygen atoms in total. The maximum atomic E-state index is 5.66. The van der Waals surface area contributed by atoms with E-state index in [9.17, 15) is 0 Å². The minimum absolute atomic E-state index is 0.369. The molecule has 0 amide bonds. The predicted octanol–water partition coefficient (Wildman–Crippen LogP) is 4.21. The Bertz CT molecular complexity index is 648. The van der Waals surface area contributed by atoms with Gasteiger partial charge in [-0.1, -0.05) is 19.4 Å². The quantitative estimate of drug-likeness (QED) is 0.425. The van der Waals surface area contributed by atoms with Crippen LogP contribution >= 0.6 is 0 Å². The predicted molar refractivity (Wildman–Crippen MR) is 104 cm³/mol. The van der Waals surface area contributed by atoms with Crippen LogP contribution in [0, 0.1) is 34.5 Å². The van der Waals surface area contributed by atoms with Gasteiger partial charge in [0.1, 0.15) is 0 Å². The maximum Gasteiger partial charge on any atom is 0.0600 e. The third-order valence-corrected chi connectivity index (χ3v) is 8.85. The molecule has 4 rings (SSSR count). The van der Waals surface area contributed by atoms with Crippen LogP contribution < -0.4 is 11.7 Å². The summed E-state index contributed by atoms with van der Waals surface area (Å²) in [6.45, 7) is 7.21. The average molecular weight is 343 g/mol. The molecule has 4 N–H and O–H groups in total. The van der Waals surface area contributed by atoms with E-state index in [-0.39, 0.29) is 0 Å².